The van der Waals surface area contributed by atoms with Gasteiger partial charge < -0.3 is 10.1 Å². The number of rotatable bonds is 9. The third-order valence-corrected chi connectivity index (χ3v) is 5.66. The third-order valence-electron chi connectivity index (χ3n) is 3.89. The minimum absolute atomic E-state index is 0. The maximum Gasteiger partial charge on any atom is 0.241 e. The number of fused-ring (bicyclic) bond motifs is 1. The van der Waals surface area contributed by atoms with Crippen LogP contribution in [0.15, 0.2) is 65.8 Å². The molecule has 0 aliphatic heterocycles. The zero-order valence-electron chi connectivity index (χ0n) is 15.4. The molecule has 2 aromatic carbocycles. The van der Waals surface area contributed by atoms with Crippen LogP contribution in [0.25, 0.3) is 10.8 Å². The van der Waals surface area contributed by atoms with Gasteiger partial charge in [0.15, 0.2) is 0 Å². The zero-order chi connectivity index (χ0) is 19.1. The van der Waals surface area contributed by atoms with Crippen LogP contribution in [-0.4, -0.2) is 39.6 Å². The second-order valence-corrected chi connectivity index (χ2v) is 7.97. The van der Waals surface area contributed by atoms with Crippen molar-refractivity contribution in [2.75, 3.05) is 26.2 Å². The molecule has 0 amide bonds. The molecule has 0 fully saturated rings. The van der Waals surface area contributed by atoms with Crippen molar-refractivity contribution in [2.24, 2.45) is 0 Å². The number of ether oxygens (including phenoxy) is 1. The number of nitrogens with zero attached hydrogens (tertiary/aromatic N) is 1. The number of nitrogens with one attached hydrogen (secondary N) is 2. The van der Waals surface area contributed by atoms with Gasteiger partial charge in [-0.05, 0) is 36.4 Å². The first-order chi connectivity index (χ1) is 13.1. The Balaban J connectivity index is 0.00000210. The minimum atomic E-state index is -3.59. The molecule has 1 aromatic heterocycles. The molecule has 6 nitrogen and oxygen atoms in total. The quantitative estimate of drug-likeness (QED) is 0.459. The van der Waals surface area contributed by atoms with E-state index in [1.807, 2.05) is 6.07 Å². The standard InChI is InChI=1S/C19H20ClN3O3S.2ClH/c20-16-4-6-17(7-5-16)26-13-12-21-10-11-23-27(24,25)19-3-1-2-15-14-22-9-8-18(15)19;;/h1-9,14,21,23H,10-13H2;2*1H. The molecule has 158 valence electrons. The van der Waals surface area contributed by atoms with Crippen molar-refractivity contribution in [2.45, 2.75) is 4.90 Å². The normalized spacial score (nSPS) is 10.8. The Labute approximate surface area is 187 Å². The van der Waals surface area contributed by atoms with Gasteiger partial charge in [-0.2, -0.15) is 0 Å². The Kier molecular flexibility index (Phi) is 10.7. The van der Waals surface area contributed by atoms with Crippen LogP contribution in [0.5, 0.6) is 5.75 Å². The predicted octanol–water partition coefficient (Wildman–Crippen LogP) is 3.68. The highest BCUT2D eigenvalue weighted by Gasteiger charge is 2.16. The number of hydrogen-bond donors (Lipinski definition) is 2. The first-order valence-corrected chi connectivity index (χ1v) is 10.3. The van der Waals surface area contributed by atoms with Crippen LogP contribution in [0.1, 0.15) is 0 Å². The lowest BCUT2D eigenvalue weighted by Crippen LogP contribution is -2.33. The Hall–Kier alpha value is -1.61. The summed E-state index contributed by atoms with van der Waals surface area (Å²) in [7, 11) is -3.59. The smallest absolute Gasteiger partial charge is 0.241 e. The Morgan fingerprint density at radius 2 is 1.72 bits per heavy atom. The number of hydrogen-bond acceptors (Lipinski definition) is 5. The van der Waals surface area contributed by atoms with Gasteiger partial charge in [0.1, 0.15) is 12.4 Å². The summed E-state index contributed by atoms with van der Waals surface area (Å²) in [5.74, 6) is 0.743. The molecule has 0 saturated heterocycles. The van der Waals surface area contributed by atoms with E-state index in [0.717, 1.165) is 11.1 Å². The second kappa shape index (κ2) is 12.2. The molecule has 3 rings (SSSR count). The monoisotopic (exact) mass is 477 g/mol. The molecule has 29 heavy (non-hydrogen) atoms. The molecular formula is C19H22Cl3N3O3S. The van der Waals surface area contributed by atoms with Gasteiger partial charge in [-0.1, -0.05) is 23.7 Å². The topological polar surface area (TPSA) is 80.3 Å². The fourth-order valence-electron chi connectivity index (χ4n) is 2.58. The van der Waals surface area contributed by atoms with Crippen LogP contribution in [0, 0.1) is 0 Å². The molecule has 0 aliphatic carbocycles. The summed E-state index contributed by atoms with van der Waals surface area (Å²) >= 11 is 5.82. The van der Waals surface area contributed by atoms with Crippen molar-refractivity contribution < 1.29 is 13.2 Å². The van der Waals surface area contributed by atoms with E-state index in [1.54, 1.807) is 54.9 Å². The first-order valence-electron chi connectivity index (χ1n) is 8.48. The summed E-state index contributed by atoms with van der Waals surface area (Å²) in [5.41, 5.74) is 0. The molecular weight excluding hydrogens is 457 g/mol. The van der Waals surface area contributed by atoms with Gasteiger partial charge in [0, 0.05) is 47.8 Å². The highest BCUT2D eigenvalue weighted by Crippen LogP contribution is 2.21. The van der Waals surface area contributed by atoms with Crippen LogP contribution in [0.3, 0.4) is 0 Å². The molecule has 10 heteroatoms. The molecule has 0 saturated carbocycles. The molecule has 0 atom stereocenters. The second-order valence-electron chi connectivity index (χ2n) is 5.80. The van der Waals surface area contributed by atoms with Crippen molar-refractivity contribution in [1.82, 2.24) is 15.0 Å². The number of benzene rings is 2. The van der Waals surface area contributed by atoms with Crippen molar-refractivity contribution in [1.29, 1.82) is 0 Å². The number of aromatic nitrogens is 1. The van der Waals surface area contributed by atoms with E-state index in [4.69, 9.17) is 16.3 Å². The predicted molar refractivity (Wildman–Crippen MR) is 121 cm³/mol. The Bertz CT molecular complexity index is 997. The zero-order valence-corrected chi connectivity index (χ0v) is 18.6. The summed E-state index contributed by atoms with van der Waals surface area (Å²) in [6, 6.07) is 14.0. The number of pyridine rings is 1. The molecule has 0 spiro atoms. The lowest BCUT2D eigenvalue weighted by Gasteiger charge is -2.10. The van der Waals surface area contributed by atoms with Gasteiger partial charge in [0.25, 0.3) is 0 Å². The van der Waals surface area contributed by atoms with Crippen molar-refractivity contribution in [3.05, 3.63) is 65.9 Å². The summed E-state index contributed by atoms with van der Waals surface area (Å²) in [6.07, 6.45) is 3.24. The van der Waals surface area contributed by atoms with Crippen molar-refractivity contribution >= 4 is 57.2 Å². The van der Waals surface area contributed by atoms with Gasteiger partial charge in [-0.15, -0.1) is 24.8 Å². The van der Waals surface area contributed by atoms with E-state index in [9.17, 15) is 8.42 Å². The summed E-state index contributed by atoms with van der Waals surface area (Å²) in [6.45, 7) is 1.86. The van der Waals surface area contributed by atoms with Crippen molar-refractivity contribution in [3.8, 4) is 5.75 Å². The Morgan fingerprint density at radius 3 is 2.48 bits per heavy atom. The van der Waals surface area contributed by atoms with Crippen LogP contribution in [0.2, 0.25) is 5.02 Å². The third kappa shape index (κ3) is 7.29. The van der Waals surface area contributed by atoms with Gasteiger partial charge >= 0.3 is 0 Å². The largest absolute Gasteiger partial charge is 0.492 e. The molecule has 2 N–H and O–H groups in total. The van der Waals surface area contributed by atoms with E-state index in [2.05, 4.69) is 15.0 Å². The van der Waals surface area contributed by atoms with Gasteiger partial charge in [0.05, 0.1) is 4.90 Å². The molecule has 0 aliphatic rings. The average molecular weight is 479 g/mol. The first kappa shape index (κ1) is 25.4. The SMILES string of the molecule is Cl.Cl.O=S(=O)(NCCNCCOc1ccc(Cl)cc1)c1cccc2cnccc12. The Morgan fingerprint density at radius 1 is 0.966 bits per heavy atom. The van der Waals surface area contributed by atoms with E-state index in [0.29, 0.717) is 30.1 Å². The molecule has 0 unspecified atom stereocenters. The average Bonchev–Trinajstić information content (AvgIpc) is 2.68. The fraction of sp³-hybridized carbons (Fsp3) is 0.211. The maximum absolute atomic E-state index is 12.6. The van der Waals surface area contributed by atoms with Crippen LogP contribution >= 0.6 is 36.4 Å². The molecule has 0 radical (unpaired) electrons. The van der Waals surface area contributed by atoms with Crippen molar-refractivity contribution in [3.63, 3.8) is 0 Å². The van der Waals surface area contributed by atoms with Crippen LogP contribution in [-0.2, 0) is 10.0 Å². The van der Waals surface area contributed by atoms with E-state index < -0.39 is 10.0 Å². The fourth-order valence-corrected chi connectivity index (χ4v) is 3.96. The minimum Gasteiger partial charge on any atom is -0.492 e. The molecule has 1 heterocycles. The van der Waals surface area contributed by atoms with Crippen LogP contribution in [0.4, 0.5) is 0 Å². The lowest BCUT2D eigenvalue weighted by molar-refractivity contribution is 0.314. The summed E-state index contributed by atoms with van der Waals surface area (Å²) in [5, 5.41) is 5.25. The lowest BCUT2D eigenvalue weighted by atomic mass is 10.2. The number of halogens is 3. The number of sulfonamides is 1. The van der Waals surface area contributed by atoms with E-state index >= 15 is 0 Å². The van der Waals surface area contributed by atoms with E-state index in [1.165, 1.54) is 0 Å². The van der Waals surface area contributed by atoms with Gasteiger partial charge in [0.2, 0.25) is 10.0 Å². The van der Waals surface area contributed by atoms with Gasteiger partial charge in [-0.3, -0.25) is 4.98 Å². The van der Waals surface area contributed by atoms with Crippen LogP contribution < -0.4 is 14.8 Å². The maximum atomic E-state index is 12.6. The van der Waals surface area contributed by atoms with Gasteiger partial charge in [-0.25, -0.2) is 13.1 Å². The summed E-state index contributed by atoms with van der Waals surface area (Å²) in [4.78, 5) is 4.28. The highest BCUT2D eigenvalue weighted by atomic mass is 35.5. The summed E-state index contributed by atoms with van der Waals surface area (Å²) < 4.78 is 33.3. The highest BCUT2D eigenvalue weighted by molar-refractivity contribution is 7.89. The molecule has 3 aromatic rings. The molecule has 0 bridgehead atoms. The van der Waals surface area contributed by atoms with E-state index in [-0.39, 0.29) is 36.3 Å².